The Hall–Kier alpha value is -1.62. The number of nitrogens with zero attached hydrogens (tertiary/aromatic N) is 1. The number of hydrogen-bond acceptors (Lipinski definition) is 4. The molecule has 0 spiro atoms. The Morgan fingerprint density at radius 1 is 1.40 bits per heavy atom. The van der Waals surface area contributed by atoms with E-state index in [1.165, 1.54) is 0 Å². The number of ether oxygens (including phenoxy) is 2. The summed E-state index contributed by atoms with van der Waals surface area (Å²) < 4.78 is 10.9. The molecule has 108 valence electrons. The minimum absolute atomic E-state index is 0.0821. The van der Waals surface area contributed by atoms with E-state index in [-0.39, 0.29) is 11.9 Å². The Balaban J connectivity index is 1.77. The van der Waals surface area contributed by atoms with Crippen LogP contribution in [-0.4, -0.2) is 36.8 Å². The molecule has 0 aromatic carbocycles. The summed E-state index contributed by atoms with van der Waals surface area (Å²) in [6.45, 7) is 4.17. The van der Waals surface area contributed by atoms with Crippen LogP contribution < -0.4 is 10.1 Å². The first-order chi connectivity index (χ1) is 9.78. The number of rotatable bonds is 3. The summed E-state index contributed by atoms with van der Waals surface area (Å²) in [5.41, 5.74) is 2.50. The highest BCUT2D eigenvalue weighted by atomic mass is 16.5. The molecule has 1 N–H and O–H groups in total. The Labute approximate surface area is 118 Å². The largest absolute Gasteiger partial charge is 0.491 e. The van der Waals surface area contributed by atoms with Crippen molar-refractivity contribution < 1.29 is 14.3 Å². The van der Waals surface area contributed by atoms with Gasteiger partial charge in [0.2, 0.25) is 0 Å². The third-order valence-corrected chi connectivity index (χ3v) is 3.88. The molecule has 0 unspecified atom stereocenters. The minimum atomic E-state index is -0.0821. The predicted molar refractivity (Wildman–Crippen MR) is 74.1 cm³/mol. The predicted octanol–water partition coefficient (Wildman–Crippen LogP) is 1.49. The van der Waals surface area contributed by atoms with E-state index < -0.39 is 0 Å². The summed E-state index contributed by atoms with van der Waals surface area (Å²) in [5.74, 6) is 0.802. The van der Waals surface area contributed by atoms with E-state index in [0.717, 1.165) is 55.9 Å². The molecule has 0 bridgehead atoms. The number of amides is 1. The summed E-state index contributed by atoms with van der Waals surface area (Å²) in [7, 11) is 0. The van der Waals surface area contributed by atoms with Gasteiger partial charge < -0.3 is 14.8 Å². The van der Waals surface area contributed by atoms with E-state index in [9.17, 15) is 4.79 Å². The van der Waals surface area contributed by atoms with Crippen LogP contribution in [0.3, 0.4) is 0 Å². The topological polar surface area (TPSA) is 60.5 Å². The van der Waals surface area contributed by atoms with E-state index >= 15 is 0 Å². The monoisotopic (exact) mass is 276 g/mol. The fourth-order valence-corrected chi connectivity index (χ4v) is 2.72. The summed E-state index contributed by atoms with van der Waals surface area (Å²) in [5, 5.41) is 3.06. The third-order valence-electron chi connectivity index (χ3n) is 3.88. The normalized spacial score (nSPS) is 18.4. The molecule has 1 amide bonds. The second kappa shape index (κ2) is 5.79. The van der Waals surface area contributed by atoms with Gasteiger partial charge in [-0.05, 0) is 30.9 Å². The SMILES string of the molecule is CCc1cc(C(=O)NC2CCOCC2)nc2c1OCC2. The molecule has 3 rings (SSSR count). The molecule has 3 heterocycles. The van der Waals surface area contributed by atoms with Crippen LogP contribution in [0.15, 0.2) is 6.07 Å². The van der Waals surface area contributed by atoms with Crippen molar-refractivity contribution in [1.29, 1.82) is 0 Å². The zero-order valence-corrected chi connectivity index (χ0v) is 11.8. The molecule has 1 fully saturated rings. The quantitative estimate of drug-likeness (QED) is 0.908. The van der Waals surface area contributed by atoms with Crippen molar-refractivity contribution in [1.82, 2.24) is 10.3 Å². The van der Waals surface area contributed by atoms with Gasteiger partial charge in [0.15, 0.2) is 0 Å². The van der Waals surface area contributed by atoms with Gasteiger partial charge in [-0.2, -0.15) is 0 Å². The van der Waals surface area contributed by atoms with Crippen LogP contribution in [0.1, 0.15) is 41.5 Å². The molecule has 2 aliphatic rings. The van der Waals surface area contributed by atoms with Gasteiger partial charge in [0.05, 0.1) is 12.3 Å². The lowest BCUT2D eigenvalue weighted by atomic mass is 10.1. The van der Waals surface area contributed by atoms with Crippen LogP contribution in [0.5, 0.6) is 5.75 Å². The Morgan fingerprint density at radius 2 is 2.20 bits per heavy atom. The van der Waals surface area contributed by atoms with Gasteiger partial charge in [-0.3, -0.25) is 4.79 Å². The van der Waals surface area contributed by atoms with Crippen molar-refractivity contribution in [3.63, 3.8) is 0 Å². The second-order valence-corrected chi connectivity index (χ2v) is 5.25. The summed E-state index contributed by atoms with van der Waals surface area (Å²) >= 11 is 0. The second-order valence-electron chi connectivity index (χ2n) is 5.25. The zero-order chi connectivity index (χ0) is 13.9. The van der Waals surface area contributed by atoms with Crippen LogP contribution in [0.4, 0.5) is 0 Å². The van der Waals surface area contributed by atoms with E-state index in [1.54, 1.807) is 0 Å². The number of pyridine rings is 1. The van der Waals surface area contributed by atoms with Gasteiger partial charge in [-0.1, -0.05) is 6.92 Å². The summed E-state index contributed by atoms with van der Waals surface area (Å²) in [6, 6.07) is 2.06. The van der Waals surface area contributed by atoms with Crippen molar-refractivity contribution in [3.8, 4) is 5.75 Å². The molecule has 0 saturated carbocycles. The van der Waals surface area contributed by atoms with E-state index in [2.05, 4.69) is 17.2 Å². The van der Waals surface area contributed by atoms with Crippen molar-refractivity contribution in [3.05, 3.63) is 23.0 Å². The number of carbonyl (C=O) groups is 1. The number of aryl methyl sites for hydroxylation is 1. The van der Waals surface area contributed by atoms with E-state index in [4.69, 9.17) is 9.47 Å². The lowest BCUT2D eigenvalue weighted by Crippen LogP contribution is -2.39. The average Bonchev–Trinajstić information content (AvgIpc) is 2.95. The van der Waals surface area contributed by atoms with Gasteiger partial charge in [0.25, 0.3) is 5.91 Å². The van der Waals surface area contributed by atoms with Gasteiger partial charge in [0.1, 0.15) is 11.4 Å². The van der Waals surface area contributed by atoms with Crippen LogP contribution in [0.2, 0.25) is 0 Å². The zero-order valence-electron chi connectivity index (χ0n) is 11.8. The molecule has 0 aliphatic carbocycles. The highest BCUT2D eigenvalue weighted by Crippen LogP contribution is 2.29. The van der Waals surface area contributed by atoms with Crippen LogP contribution in [0, 0.1) is 0 Å². The Kier molecular flexibility index (Phi) is 3.87. The average molecular weight is 276 g/mol. The third kappa shape index (κ3) is 2.63. The van der Waals surface area contributed by atoms with Gasteiger partial charge in [-0.15, -0.1) is 0 Å². The molecule has 5 heteroatoms. The van der Waals surface area contributed by atoms with Crippen molar-refractivity contribution in [2.45, 2.75) is 38.6 Å². The molecule has 1 saturated heterocycles. The lowest BCUT2D eigenvalue weighted by molar-refractivity contribution is 0.0694. The highest BCUT2D eigenvalue weighted by molar-refractivity contribution is 5.93. The Bertz CT molecular complexity index is 510. The first-order valence-electron chi connectivity index (χ1n) is 7.32. The number of nitrogens with one attached hydrogen (secondary N) is 1. The van der Waals surface area contributed by atoms with E-state index in [1.807, 2.05) is 6.07 Å². The molecular formula is C15H20N2O3. The Morgan fingerprint density at radius 3 is 2.95 bits per heavy atom. The first kappa shape index (κ1) is 13.4. The van der Waals surface area contributed by atoms with Crippen molar-refractivity contribution in [2.24, 2.45) is 0 Å². The van der Waals surface area contributed by atoms with Crippen molar-refractivity contribution >= 4 is 5.91 Å². The number of carbonyl (C=O) groups excluding carboxylic acids is 1. The molecule has 2 aliphatic heterocycles. The number of hydrogen-bond donors (Lipinski definition) is 1. The molecule has 0 atom stereocenters. The molecule has 0 radical (unpaired) electrons. The molecule has 5 nitrogen and oxygen atoms in total. The molecular weight excluding hydrogens is 256 g/mol. The van der Waals surface area contributed by atoms with Crippen molar-refractivity contribution in [2.75, 3.05) is 19.8 Å². The van der Waals surface area contributed by atoms with Crippen LogP contribution >= 0.6 is 0 Å². The number of fused-ring (bicyclic) bond motifs is 1. The fourth-order valence-electron chi connectivity index (χ4n) is 2.72. The molecule has 1 aromatic rings. The number of aromatic nitrogens is 1. The molecule has 1 aromatic heterocycles. The fraction of sp³-hybridized carbons (Fsp3) is 0.600. The van der Waals surface area contributed by atoms with Crippen LogP contribution in [-0.2, 0) is 17.6 Å². The van der Waals surface area contributed by atoms with Gasteiger partial charge in [-0.25, -0.2) is 4.98 Å². The molecule has 20 heavy (non-hydrogen) atoms. The van der Waals surface area contributed by atoms with Gasteiger partial charge in [0, 0.05) is 25.7 Å². The summed E-state index contributed by atoms with van der Waals surface area (Å²) in [6.07, 6.45) is 3.39. The van der Waals surface area contributed by atoms with Gasteiger partial charge >= 0.3 is 0 Å². The highest BCUT2D eigenvalue weighted by Gasteiger charge is 2.23. The first-order valence-corrected chi connectivity index (χ1v) is 7.32. The summed E-state index contributed by atoms with van der Waals surface area (Å²) in [4.78, 5) is 16.8. The van der Waals surface area contributed by atoms with E-state index in [0.29, 0.717) is 12.3 Å². The maximum atomic E-state index is 12.3. The standard InChI is InChI=1S/C15H20N2O3/c1-2-10-9-13(17-12-5-8-20-14(10)12)15(18)16-11-3-6-19-7-4-11/h9,11H,2-8H2,1H3,(H,16,18). The minimum Gasteiger partial charge on any atom is -0.491 e. The maximum Gasteiger partial charge on any atom is 0.270 e. The lowest BCUT2D eigenvalue weighted by Gasteiger charge is -2.23. The van der Waals surface area contributed by atoms with Crippen LogP contribution in [0.25, 0.3) is 0 Å². The smallest absolute Gasteiger partial charge is 0.270 e. The maximum absolute atomic E-state index is 12.3.